The van der Waals surface area contributed by atoms with Crippen molar-refractivity contribution < 1.29 is 14.7 Å². The maximum atomic E-state index is 12.3. The highest BCUT2D eigenvalue weighted by molar-refractivity contribution is 5.82. The molecule has 0 aromatic heterocycles. The third kappa shape index (κ3) is 5.60. The van der Waals surface area contributed by atoms with E-state index in [-0.39, 0.29) is 18.4 Å². The molecular weight excluding hydrogens is 286 g/mol. The fraction of sp³-hybridized carbons (Fsp3) is 0.786. The Kier molecular flexibility index (Phi) is 7.24. The molecule has 0 saturated carbocycles. The molecule has 1 saturated heterocycles. The van der Waals surface area contributed by atoms with E-state index in [1.54, 1.807) is 4.90 Å². The van der Waals surface area contributed by atoms with Gasteiger partial charge < -0.3 is 21.5 Å². The van der Waals surface area contributed by atoms with Crippen molar-refractivity contribution in [2.45, 2.75) is 38.4 Å². The van der Waals surface area contributed by atoms with E-state index >= 15 is 0 Å². The lowest BCUT2D eigenvalue weighted by atomic mass is 9.90. The minimum absolute atomic E-state index is 0.154. The summed E-state index contributed by atoms with van der Waals surface area (Å²) in [7, 11) is 0. The molecule has 0 spiro atoms. The van der Waals surface area contributed by atoms with Crippen molar-refractivity contribution in [1.82, 2.24) is 10.2 Å². The summed E-state index contributed by atoms with van der Waals surface area (Å²) in [5, 5.41) is 20.4. The number of carbonyl (C=O) groups excluding carboxylic acids is 1. The molecule has 0 aliphatic carbocycles. The first-order valence-electron chi connectivity index (χ1n) is 7.51. The molecule has 1 rings (SSSR count). The van der Waals surface area contributed by atoms with Crippen molar-refractivity contribution in [2.24, 2.45) is 23.3 Å². The number of likely N-dealkylation sites (tertiary alicyclic amines) is 1. The zero-order chi connectivity index (χ0) is 16.7. The lowest BCUT2D eigenvalue weighted by molar-refractivity contribution is -0.147. The third-order valence-electron chi connectivity index (χ3n) is 3.83. The number of rotatable bonds is 7. The second kappa shape index (κ2) is 8.68. The van der Waals surface area contributed by atoms with Crippen LogP contribution in [0.2, 0.25) is 0 Å². The second-order valence-corrected chi connectivity index (χ2v) is 5.93. The summed E-state index contributed by atoms with van der Waals surface area (Å²) in [6, 6.07) is 1.20. The molecule has 1 heterocycles. The lowest BCUT2D eigenvalue weighted by Gasteiger charge is -2.36. The minimum Gasteiger partial charge on any atom is -0.481 e. The van der Waals surface area contributed by atoms with Crippen LogP contribution < -0.4 is 16.8 Å². The zero-order valence-electron chi connectivity index (χ0n) is 12.9. The molecule has 8 heteroatoms. The van der Waals surface area contributed by atoms with Crippen LogP contribution >= 0.6 is 0 Å². The van der Waals surface area contributed by atoms with Gasteiger partial charge in [0.15, 0.2) is 0 Å². The first-order valence-corrected chi connectivity index (χ1v) is 7.51. The standard InChI is InChI=1S/C14H25N5O3/c1-9-5-10(14(21)22)8-19(7-9)13(20)11(16)3-2-4-18-12(17)6-15/h9-12,18H,2-5,7-8,16-17H2,1H3,(H,21,22)/t9-,10?,11?,12?/m0/s1. The monoisotopic (exact) mass is 311 g/mol. The number of hydrogen-bond acceptors (Lipinski definition) is 6. The zero-order valence-corrected chi connectivity index (χ0v) is 12.9. The third-order valence-corrected chi connectivity index (χ3v) is 3.83. The van der Waals surface area contributed by atoms with Gasteiger partial charge in [0, 0.05) is 13.1 Å². The molecule has 1 aliphatic heterocycles. The van der Waals surface area contributed by atoms with Crippen molar-refractivity contribution in [1.29, 1.82) is 5.26 Å². The van der Waals surface area contributed by atoms with Crippen molar-refractivity contribution in [3.63, 3.8) is 0 Å². The van der Waals surface area contributed by atoms with Gasteiger partial charge in [-0.2, -0.15) is 5.26 Å². The molecule has 1 aliphatic rings. The number of nitriles is 1. The molecule has 0 radical (unpaired) electrons. The fourth-order valence-corrected chi connectivity index (χ4v) is 2.69. The van der Waals surface area contributed by atoms with E-state index in [1.807, 2.05) is 13.0 Å². The molecule has 0 aromatic carbocycles. The Labute approximate surface area is 130 Å². The van der Waals surface area contributed by atoms with Crippen molar-refractivity contribution in [3.05, 3.63) is 0 Å². The van der Waals surface area contributed by atoms with Crippen LogP contribution in [0.4, 0.5) is 0 Å². The van der Waals surface area contributed by atoms with Gasteiger partial charge in [-0.1, -0.05) is 6.92 Å². The van der Waals surface area contributed by atoms with Crippen LogP contribution in [-0.2, 0) is 9.59 Å². The largest absolute Gasteiger partial charge is 0.481 e. The van der Waals surface area contributed by atoms with E-state index in [1.165, 1.54) is 0 Å². The fourth-order valence-electron chi connectivity index (χ4n) is 2.69. The Morgan fingerprint density at radius 3 is 2.73 bits per heavy atom. The van der Waals surface area contributed by atoms with E-state index in [4.69, 9.17) is 21.8 Å². The lowest BCUT2D eigenvalue weighted by Crippen LogP contribution is -2.51. The molecule has 1 amide bonds. The molecule has 8 nitrogen and oxygen atoms in total. The Bertz CT molecular complexity index is 437. The first-order chi connectivity index (χ1) is 10.3. The average Bonchev–Trinajstić information content (AvgIpc) is 2.49. The van der Waals surface area contributed by atoms with Crippen LogP contribution in [0.3, 0.4) is 0 Å². The van der Waals surface area contributed by atoms with Crippen LogP contribution in [0, 0.1) is 23.2 Å². The van der Waals surface area contributed by atoms with Gasteiger partial charge in [-0.15, -0.1) is 0 Å². The van der Waals surface area contributed by atoms with E-state index in [9.17, 15) is 9.59 Å². The smallest absolute Gasteiger partial charge is 0.308 e. The number of nitrogens with two attached hydrogens (primary N) is 2. The van der Waals surface area contributed by atoms with E-state index in [0.717, 1.165) is 0 Å². The SMILES string of the molecule is C[C@H]1CC(C(=O)O)CN(C(=O)C(N)CCCNC(N)C#N)C1. The number of carboxylic acid groups (broad SMARTS) is 1. The predicted molar refractivity (Wildman–Crippen MR) is 80.3 cm³/mol. The number of amides is 1. The summed E-state index contributed by atoms with van der Waals surface area (Å²) in [6.45, 7) is 3.22. The quantitative estimate of drug-likeness (QED) is 0.350. The Morgan fingerprint density at radius 2 is 2.14 bits per heavy atom. The highest BCUT2D eigenvalue weighted by Gasteiger charge is 2.33. The highest BCUT2D eigenvalue weighted by atomic mass is 16.4. The van der Waals surface area contributed by atoms with E-state index < -0.39 is 24.1 Å². The molecule has 0 aromatic rings. The minimum atomic E-state index is -0.868. The van der Waals surface area contributed by atoms with Crippen LogP contribution in [-0.4, -0.2) is 53.7 Å². The molecule has 1 fully saturated rings. The summed E-state index contributed by atoms with van der Waals surface area (Å²) in [6.07, 6.45) is 0.955. The number of nitrogens with zero attached hydrogens (tertiary/aromatic N) is 2. The Hall–Kier alpha value is -1.69. The van der Waals surface area contributed by atoms with Gasteiger partial charge in [0.2, 0.25) is 5.91 Å². The predicted octanol–water partition coefficient (Wildman–Crippen LogP) is -0.939. The van der Waals surface area contributed by atoms with E-state index in [2.05, 4.69) is 5.32 Å². The number of piperidine rings is 1. The average molecular weight is 311 g/mol. The maximum absolute atomic E-state index is 12.3. The van der Waals surface area contributed by atoms with Crippen LogP contribution in [0.25, 0.3) is 0 Å². The van der Waals surface area contributed by atoms with Crippen molar-refractivity contribution in [2.75, 3.05) is 19.6 Å². The summed E-state index contributed by atoms with van der Waals surface area (Å²) < 4.78 is 0. The normalized spacial score (nSPS) is 24.4. The number of nitrogens with one attached hydrogen (secondary N) is 1. The second-order valence-electron chi connectivity index (χ2n) is 5.93. The van der Waals surface area contributed by atoms with Crippen molar-refractivity contribution in [3.8, 4) is 6.07 Å². The van der Waals surface area contributed by atoms with E-state index in [0.29, 0.717) is 32.4 Å². The molecule has 0 bridgehead atoms. The number of hydrogen-bond donors (Lipinski definition) is 4. The molecule has 6 N–H and O–H groups in total. The van der Waals surface area contributed by atoms with Crippen LogP contribution in [0.1, 0.15) is 26.2 Å². The van der Waals surface area contributed by atoms with Gasteiger partial charge in [0.25, 0.3) is 0 Å². The van der Waals surface area contributed by atoms with Gasteiger partial charge >= 0.3 is 5.97 Å². The van der Waals surface area contributed by atoms with Gasteiger partial charge in [-0.05, 0) is 31.7 Å². The molecule has 124 valence electrons. The summed E-state index contributed by atoms with van der Waals surface area (Å²) >= 11 is 0. The number of carboxylic acids is 1. The van der Waals surface area contributed by atoms with Gasteiger partial charge in [-0.3, -0.25) is 14.9 Å². The summed E-state index contributed by atoms with van der Waals surface area (Å²) in [5.74, 6) is -1.44. The maximum Gasteiger partial charge on any atom is 0.308 e. The first kappa shape index (κ1) is 18.4. The number of carbonyl (C=O) groups is 2. The summed E-state index contributed by atoms with van der Waals surface area (Å²) in [5.41, 5.74) is 11.3. The van der Waals surface area contributed by atoms with Crippen LogP contribution in [0.15, 0.2) is 0 Å². The molecule has 4 atom stereocenters. The summed E-state index contributed by atoms with van der Waals surface area (Å²) in [4.78, 5) is 25.0. The van der Waals surface area contributed by atoms with Gasteiger partial charge in [-0.25, -0.2) is 0 Å². The molecular formula is C14H25N5O3. The number of aliphatic carboxylic acids is 1. The molecule has 3 unspecified atom stereocenters. The van der Waals surface area contributed by atoms with Crippen molar-refractivity contribution >= 4 is 11.9 Å². The van der Waals surface area contributed by atoms with Gasteiger partial charge in [0.05, 0.1) is 18.0 Å². The highest BCUT2D eigenvalue weighted by Crippen LogP contribution is 2.22. The Morgan fingerprint density at radius 1 is 1.45 bits per heavy atom. The topological polar surface area (TPSA) is 145 Å². The Balaban J connectivity index is 2.42. The molecule has 22 heavy (non-hydrogen) atoms. The van der Waals surface area contributed by atoms with Gasteiger partial charge in [0.1, 0.15) is 6.17 Å². The van der Waals surface area contributed by atoms with Crippen LogP contribution in [0.5, 0.6) is 0 Å².